The van der Waals surface area contributed by atoms with Crippen molar-refractivity contribution >= 4 is 17.5 Å². The monoisotopic (exact) mass is 409 g/mol. The van der Waals surface area contributed by atoms with E-state index in [1.54, 1.807) is 6.07 Å². The van der Waals surface area contributed by atoms with Gasteiger partial charge in [0.25, 0.3) is 0 Å². The number of thioether (sulfide) groups is 1. The number of nitrogens with zero attached hydrogens (tertiary/aromatic N) is 1. The summed E-state index contributed by atoms with van der Waals surface area (Å²) in [6, 6.07) is 5.25. The molecule has 148 valence electrons. The molecule has 0 aromatic heterocycles. The molecule has 0 bridgehead atoms. The summed E-state index contributed by atoms with van der Waals surface area (Å²) >= 11 is -0.416. The Labute approximate surface area is 157 Å². The van der Waals surface area contributed by atoms with E-state index in [0.29, 0.717) is 12.8 Å². The SMILES string of the molecule is CCCC/C(C#N)=C(/CCC(=O)c1ccc(C(F)(F)F)cc1)SC(F)(F)F. The Morgan fingerprint density at radius 1 is 1.04 bits per heavy atom. The molecule has 0 unspecified atom stereocenters. The number of rotatable bonds is 8. The Hall–Kier alpha value is -1.95. The average molecular weight is 409 g/mol. The van der Waals surface area contributed by atoms with Crippen LogP contribution in [0.1, 0.15) is 54.9 Å². The summed E-state index contributed by atoms with van der Waals surface area (Å²) in [5.41, 5.74) is -5.55. The average Bonchev–Trinajstić information content (AvgIpc) is 2.58. The van der Waals surface area contributed by atoms with E-state index in [-0.39, 0.29) is 35.3 Å². The van der Waals surface area contributed by atoms with Crippen molar-refractivity contribution < 1.29 is 31.1 Å². The zero-order chi connectivity index (χ0) is 20.7. The molecule has 0 N–H and O–H groups in total. The van der Waals surface area contributed by atoms with Crippen LogP contribution in [-0.4, -0.2) is 11.3 Å². The van der Waals surface area contributed by atoms with Crippen molar-refractivity contribution in [1.82, 2.24) is 0 Å². The first-order valence-corrected chi connectivity index (χ1v) is 8.88. The summed E-state index contributed by atoms with van der Waals surface area (Å²) in [4.78, 5) is 11.9. The summed E-state index contributed by atoms with van der Waals surface area (Å²) in [7, 11) is 0. The van der Waals surface area contributed by atoms with E-state index in [2.05, 4.69) is 0 Å². The molecule has 0 amide bonds. The minimum atomic E-state index is -4.60. The molecule has 0 atom stereocenters. The highest BCUT2D eigenvalue weighted by atomic mass is 32.2. The van der Waals surface area contributed by atoms with Crippen molar-refractivity contribution in [1.29, 1.82) is 5.26 Å². The number of nitriles is 1. The topological polar surface area (TPSA) is 40.9 Å². The van der Waals surface area contributed by atoms with Crippen LogP contribution >= 0.6 is 11.8 Å². The molecule has 1 aromatic carbocycles. The molecule has 1 rings (SSSR count). The fourth-order valence-electron chi connectivity index (χ4n) is 2.23. The van der Waals surface area contributed by atoms with Crippen LogP contribution < -0.4 is 0 Å². The molecule has 0 saturated carbocycles. The second-order valence-corrected chi connectivity index (χ2v) is 6.82. The first-order valence-electron chi connectivity index (χ1n) is 8.06. The third kappa shape index (κ3) is 8.08. The minimum Gasteiger partial charge on any atom is -0.294 e. The van der Waals surface area contributed by atoms with Gasteiger partial charge in [-0.05, 0) is 43.2 Å². The van der Waals surface area contributed by atoms with Crippen LogP contribution in [-0.2, 0) is 6.18 Å². The second kappa shape index (κ2) is 9.83. The maximum atomic E-state index is 12.8. The molecule has 0 spiro atoms. The lowest BCUT2D eigenvalue weighted by Crippen LogP contribution is -2.07. The maximum absolute atomic E-state index is 12.8. The third-order valence-electron chi connectivity index (χ3n) is 3.60. The standard InChI is InChI=1S/C18H17F6NOS/c1-2-3-4-13(11-25)16(27-18(22,23)24)10-9-15(26)12-5-7-14(8-6-12)17(19,20)21/h5-8H,2-4,9-10H2,1H3/b16-13+. The van der Waals surface area contributed by atoms with Crippen LogP contribution in [0.3, 0.4) is 0 Å². The summed E-state index contributed by atoms with van der Waals surface area (Å²) in [5, 5.41) is 9.13. The van der Waals surface area contributed by atoms with E-state index >= 15 is 0 Å². The van der Waals surface area contributed by atoms with E-state index in [9.17, 15) is 31.1 Å². The van der Waals surface area contributed by atoms with E-state index in [1.807, 2.05) is 6.92 Å². The smallest absolute Gasteiger partial charge is 0.294 e. The number of Topliss-reactive ketones (excluding diaryl/α,β-unsaturated/α-hetero) is 1. The van der Waals surface area contributed by atoms with Gasteiger partial charge in [0.15, 0.2) is 5.78 Å². The van der Waals surface area contributed by atoms with Crippen molar-refractivity contribution in [2.45, 2.75) is 50.7 Å². The highest BCUT2D eigenvalue weighted by Gasteiger charge is 2.32. The summed E-state index contributed by atoms with van der Waals surface area (Å²) in [6.45, 7) is 1.83. The van der Waals surface area contributed by atoms with Crippen LogP contribution in [0, 0.1) is 11.3 Å². The first-order chi connectivity index (χ1) is 12.5. The van der Waals surface area contributed by atoms with Crippen molar-refractivity contribution in [3.05, 3.63) is 45.9 Å². The number of benzene rings is 1. The molecular weight excluding hydrogens is 392 g/mol. The number of ketones is 1. The largest absolute Gasteiger partial charge is 0.446 e. The van der Waals surface area contributed by atoms with Gasteiger partial charge in [0.05, 0.1) is 11.6 Å². The molecule has 0 fully saturated rings. The molecule has 0 aliphatic rings. The van der Waals surface area contributed by atoms with Gasteiger partial charge in [0.2, 0.25) is 0 Å². The number of hydrogen-bond acceptors (Lipinski definition) is 3. The minimum absolute atomic E-state index is 0.0144. The Morgan fingerprint density at radius 2 is 1.63 bits per heavy atom. The lowest BCUT2D eigenvalue weighted by Gasteiger charge is -2.12. The predicted molar refractivity (Wildman–Crippen MR) is 90.8 cm³/mol. The van der Waals surface area contributed by atoms with Gasteiger partial charge in [-0.1, -0.05) is 25.5 Å². The third-order valence-corrected chi connectivity index (χ3v) is 4.53. The van der Waals surface area contributed by atoms with Gasteiger partial charge in [-0.3, -0.25) is 4.79 Å². The van der Waals surface area contributed by atoms with E-state index in [1.165, 1.54) is 0 Å². The van der Waals surface area contributed by atoms with E-state index < -0.39 is 34.8 Å². The molecule has 0 heterocycles. The number of alkyl halides is 6. The molecule has 0 aliphatic heterocycles. The number of carbonyl (C=O) groups excluding carboxylic acids is 1. The number of unbranched alkanes of at least 4 members (excludes halogenated alkanes) is 1. The molecule has 0 radical (unpaired) electrons. The Bertz CT molecular complexity index is 713. The Kier molecular flexibility index (Phi) is 8.41. The van der Waals surface area contributed by atoms with E-state index in [0.717, 1.165) is 24.3 Å². The van der Waals surface area contributed by atoms with Crippen LogP contribution in [0.15, 0.2) is 34.7 Å². The molecule has 0 aliphatic carbocycles. The van der Waals surface area contributed by atoms with Gasteiger partial charge in [0, 0.05) is 22.5 Å². The van der Waals surface area contributed by atoms with Crippen LogP contribution in [0.2, 0.25) is 0 Å². The molecular formula is C18H17F6NOS. The van der Waals surface area contributed by atoms with Gasteiger partial charge in [0.1, 0.15) is 0 Å². The molecule has 9 heteroatoms. The molecule has 1 aromatic rings. The van der Waals surface area contributed by atoms with Crippen LogP contribution in [0.4, 0.5) is 26.3 Å². The fourth-order valence-corrected chi connectivity index (χ4v) is 2.99. The summed E-state index contributed by atoms with van der Waals surface area (Å²) < 4.78 is 75.9. The highest BCUT2D eigenvalue weighted by molar-refractivity contribution is 8.03. The normalized spacial score (nSPS) is 13.1. The predicted octanol–water partition coefficient (Wildman–Crippen LogP) is 6.89. The second-order valence-electron chi connectivity index (χ2n) is 5.66. The quantitative estimate of drug-likeness (QED) is 0.267. The lowest BCUT2D eigenvalue weighted by atomic mass is 10.0. The van der Waals surface area contributed by atoms with Gasteiger partial charge < -0.3 is 0 Å². The van der Waals surface area contributed by atoms with E-state index in [4.69, 9.17) is 5.26 Å². The Balaban J connectivity index is 2.92. The zero-order valence-electron chi connectivity index (χ0n) is 14.4. The van der Waals surface area contributed by atoms with Crippen molar-refractivity contribution in [3.63, 3.8) is 0 Å². The summed E-state index contributed by atoms with van der Waals surface area (Å²) in [6.07, 6.45) is -3.75. The zero-order valence-corrected chi connectivity index (χ0v) is 15.2. The van der Waals surface area contributed by atoms with Crippen LogP contribution in [0.25, 0.3) is 0 Å². The lowest BCUT2D eigenvalue weighted by molar-refractivity contribution is -0.137. The van der Waals surface area contributed by atoms with Gasteiger partial charge in [-0.25, -0.2) is 0 Å². The van der Waals surface area contributed by atoms with Crippen molar-refractivity contribution in [2.75, 3.05) is 0 Å². The number of allylic oxidation sites excluding steroid dienone is 2. The van der Waals surface area contributed by atoms with Crippen molar-refractivity contribution in [3.8, 4) is 6.07 Å². The van der Waals surface area contributed by atoms with Gasteiger partial charge >= 0.3 is 11.7 Å². The molecule has 2 nitrogen and oxygen atoms in total. The molecule has 0 saturated heterocycles. The van der Waals surface area contributed by atoms with Crippen LogP contribution in [0.5, 0.6) is 0 Å². The fraction of sp³-hybridized carbons (Fsp3) is 0.444. The first kappa shape index (κ1) is 23.1. The van der Waals surface area contributed by atoms with Crippen molar-refractivity contribution in [2.24, 2.45) is 0 Å². The highest BCUT2D eigenvalue weighted by Crippen LogP contribution is 2.40. The Morgan fingerprint density at radius 3 is 2.07 bits per heavy atom. The maximum Gasteiger partial charge on any atom is 0.446 e. The summed E-state index contributed by atoms with van der Waals surface area (Å²) in [5.74, 6) is -0.586. The number of carbonyl (C=O) groups is 1. The number of halogens is 6. The number of hydrogen-bond donors (Lipinski definition) is 0. The van der Waals surface area contributed by atoms with Gasteiger partial charge in [-0.15, -0.1) is 0 Å². The van der Waals surface area contributed by atoms with Gasteiger partial charge in [-0.2, -0.15) is 31.6 Å². The molecule has 27 heavy (non-hydrogen) atoms.